The fraction of sp³-hybridized carbons (Fsp3) is 0.292. The Bertz CT molecular complexity index is 1260. The summed E-state index contributed by atoms with van der Waals surface area (Å²) in [6, 6.07) is 17.1. The van der Waals surface area contributed by atoms with Gasteiger partial charge in [-0.1, -0.05) is 24.3 Å². The van der Waals surface area contributed by atoms with E-state index < -0.39 is 26.8 Å². The van der Waals surface area contributed by atoms with E-state index in [-0.39, 0.29) is 18.1 Å². The van der Waals surface area contributed by atoms with Crippen LogP contribution < -0.4 is 15.6 Å². The minimum atomic E-state index is -3.37. The smallest absolute Gasteiger partial charge is 0.227 e. The number of anilines is 2. The molecule has 9 heteroatoms. The number of hydrogen-bond acceptors (Lipinski definition) is 8. The van der Waals surface area contributed by atoms with Crippen molar-refractivity contribution in [2.45, 2.75) is 12.3 Å². The quantitative estimate of drug-likeness (QED) is 0.542. The lowest BCUT2D eigenvalue weighted by Gasteiger charge is -2.28. The Kier molecular flexibility index (Phi) is 6.71. The van der Waals surface area contributed by atoms with Crippen molar-refractivity contribution < 1.29 is 22.7 Å². The van der Waals surface area contributed by atoms with E-state index in [1.54, 1.807) is 0 Å². The molecule has 33 heavy (non-hydrogen) atoms. The van der Waals surface area contributed by atoms with Crippen molar-refractivity contribution in [1.29, 1.82) is 0 Å². The second-order valence-corrected chi connectivity index (χ2v) is 10.1. The molecule has 0 bridgehead atoms. The van der Waals surface area contributed by atoms with E-state index in [4.69, 9.17) is 9.15 Å². The summed E-state index contributed by atoms with van der Waals surface area (Å²) in [5.74, 6) is -0.956. The SMILES string of the molecule is CS(=O)(=O)Cc1cc(=O)c(O)c(CNc2ccc(-c3ccc(N4CCOCC4)cc3)cc2)o1. The van der Waals surface area contributed by atoms with Gasteiger partial charge in [0.25, 0.3) is 0 Å². The third kappa shape index (κ3) is 5.94. The highest BCUT2D eigenvalue weighted by atomic mass is 32.2. The van der Waals surface area contributed by atoms with Gasteiger partial charge in [-0.15, -0.1) is 0 Å². The Morgan fingerprint density at radius 2 is 1.61 bits per heavy atom. The first-order valence-electron chi connectivity index (χ1n) is 10.6. The number of ether oxygens (including phenoxy) is 1. The predicted molar refractivity (Wildman–Crippen MR) is 127 cm³/mol. The lowest BCUT2D eigenvalue weighted by Crippen LogP contribution is -2.36. The van der Waals surface area contributed by atoms with E-state index in [2.05, 4.69) is 34.5 Å². The van der Waals surface area contributed by atoms with Crippen molar-refractivity contribution in [1.82, 2.24) is 0 Å². The van der Waals surface area contributed by atoms with Crippen molar-refractivity contribution in [3.63, 3.8) is 0 Å². The first-order chi connectivity index (χ1) is 15.8. The maximum absolute atomic E-state index is 11.9. The minimum Gasteiger partial charge on any atom is -0.502 e. The van der Waals surface area contributed by atoms with Crippen LogP contribution in [0.3, 0.4) is 0 Å². The largest absolute Gasteiger partial charge is 0.502 e. The molecule has 1 saturated heterocycles. The van der Waals surface area contributed by atoms with Crippen molar-refractivity contribution in [2.75, 3.05) is 42.8 Å². The van der Waals surface area contributed by atoms with E-state index in [1.807, 2.05) is 24.3 Å². The molecule has 2 N–H and O–H groups in total. The lowest BCUT2D eigenvalue weighted by atomic mass is 10.0. The number of morpholine rings is 1. The summed E-state index contributed by atoms with van der Waals surface area (Å²) in [7, 11) is -3.37. The fourth-order valence-electron chi connectivity index (χ4n) is 3.69. The van der Waals surface area contributed by atoms with Gasteiger partial charge in [-0.2, -0.15) is 0 Å². The molecule has 1 aliphatic rings. The van der Waals surface area contributed by atoms with Crippen LogP contribution in [-0.4, -0.2) is 46.1 Å². The van der Waals surface area contributed by atoms with Crippen LogP contribution in [0.15, 0.2) is 63.8 Å². The van der Waals surface area contributed by atoms with Crippen molar-refractivity contribution >= 4 is 21.2 Å². The molecular formula is C24H26N2O6S. The van der Waals surface area contributed by atoms with Crippen LogP contribution in [0, 0.1) is 0 Å². The highest BCUT2D eigenvalue weighted by Gasteiger charge is 2.15. The van der Waals surface area contributed by atoms with Crippen LogP contribution in [0.2, 0.25) is 0 Å². The number of aromatic hydroxyl groups is 1. The standard InChI is InChI=1S/C24H26N2O6S/c1-33(29,30)16-21-14-22(27)24(28)23(32-21)15-25-19-6-2-17(3-7-19)18-4-8-20(9-5-18)26-10-12-31-13-11-26/h2-9,14,25,28H,10-13,15-16H2,1H3. The second-order valence-electron chi connectivity index (χ2n) is 8.00. The second kappa shape index (κ2) is 9.68. The molecule has 4 rings (SSSR count). The molecule has 2 aromatic carbocycles. The van der Waals surface area contributed by atoms with Gasteiger partial charge in [0.2, 0.25) is 11.2 Å². The molecule has 8 nitrogen and oxygen atoms in total. The predicted octanol–water partition coefficient (Wildman–Crippen LogP) is 3.01. The van der Waals surface area contributed by atoms with Crippen LogP contribution in [0.5, 0.6) is 5.75 Å². The van der Waals surface area contributed by atoms with Gasteiger partial charge in [0, 0.05) is 36.8 Å². The number of nitrogens with zero attached hydrogens (tertiary/aromatic N) is 1. The van der Waals surface area contributed by atoms with Crippen molar-refractivity contribution in [3.05, 3.63) is 76.3 Å². The van der Waals surface area contributed by atoms with Crippen LogP contribution in [0.25, 0.3) is 11.1 Å². The monoisotopic (exact) mass is 470 g/mol. The molecule has 0 aliphatic carbocycles. The maximum Gasteiger partial charge on any atom is 0.227 e. The van der Waals surface area contributed by atoms with E-state index in [9.17, 15) is 18.3 Å². The molecule has 0 atom stereocenters. The third-order valence-corrected chi connectivity index (χ3v) is 6.17. The van der Waals surface area contributed by atoms with Crippen LogP contribution in [0.4, 0.5) is 11.4 Å². The molecule has 1 aromatic heterocycles. The van der Waals surface area contributed by atoms with Gasteiger partial charge >= 0.3 is 0 Å². The molecule has 0 radical (unpaired) electrons. The van der Waals surface area contributed by atoms with Crippen LogP contribution in [-0.2, 0) is 26.9 Å². The van der Waals surface area contributed by atoms with Gasteiger partial charge < -0.3 is 24.5 Å². The zero-order valence-electron chi connectivity index (χ0n) is 18.3. The zero-order valence-corrected chi connectivity index (χ0v) is 19.1. The fourth-order valence-corrected chi connectivity index (χ4v) is 4.35. The summed E-state index contributed by atoms with van der Waals surface area (Å²) in [5, 5.41) is 13.1. The topological polar surface area (TPSA) is 109 Å². The summed E-state index contributed by atoms with van der Waals surface area (Å²) in [4.78, 5) is 14.2. The molecule has 0 unspecified atom stereocenters. The number of rotatable bonds is 7. The van der Waals surface area contributed by atoms with Gasteiger partial charge in [-0.05, 0) is 35.4 Å². The summed E-state index contributed by atoms with van der Waals surface area (Å²) >= 11 is 0. The van der Waals surface area contributed by atoms with E-state index in [0.29, 0.717) is 0 Å². The molecule has 1 aliphatic heterocycles. The molecule has 174 valence electrons. The third-order valence-electron chi connectivity index (χ3n) is 5.36. The van der Waals surface area contributed by atoms with Crippen molar-refractivity contribution in [2.24, 2.45) is 0 Å². The maximum atomic E-state index is 11.9. The molecule has 2 heterocycles. The summed E-state index contributed by atoms with van der Waals surface area (Å²) in [6.45, 7) is 3.32. The van der Waals surface area contributed by atoms with E-state index in [0.717, 1.165) is 55.4 Å². The molecule has 0 spiro atoms. The minimum absolute atomic E-state index is 0.00651. The molecular weight excluding hydrogens is 444 g/mol. The highest BCUT2D eigenvalue weighted by Crippen LogP contribution is 2.25. The Labute approximate surface area is 192 Å². The zero-order chi connectivity index (χ0) is 23.4. The van der Waals surface area contributed by atoms with Crippen molar-refractivity contribution in [3.8, 4) is 16.9 Å². The van der Waals surface area contributed by atoms with Gasteiger partial charge in [-0.3, -0.25) is 4.79 Å². The normalized spacial score (nSPS) is 14.3. The molecule has 3 aromatic rings. The van der Waals surface area contributed by atoms with Gasteiger partial charge in [0.15, 0.2) is 15.6 Å². The first kappa shape index (κ1) is 22.9. The Morgan fingerprint density at radius 3 is 2.21 bits per heavy atom. The lowest BCUT2D eigenvalue weighted by molar-refractivity contribution is 0.122. The van der Waals surface area contributed by atoms with Crippen LogP contribution >= 0.6 is 0 Å². The summed E-state index contributed by atoms with van der Waals surface area (Å²) in [6.07, 6.45) is 1.05. The highest BCUT2D eigenvalue weighted by molar-refractivity contribution is 7.89. The van der Waals surface area contributed by atoms with Crippen LogP contribution in [0.1, 0.15) is 11.5 Å². The number of benzene rings is 2. The average molecular weight is 471 g/mol. The molecule has 0 amide bonds. The number of hydrogen-bond donors (Lipinski definition) is 2. The molecule has 0 saturated carbocycles. The van der Waals surface area contributed by atoms with Gasteiger partial charge in [-0.25, -0.2) is 8.42 Å². The molecule has 1 fully saturated rings. The Balaban J connectivity index is 1.42. The Morgan fingerprint density at radius 1 is 1.00 bits per heavy atom. The van der Waals surface area contributed by atoms with E-state index >= 15 is 0 Å². The van der Waals surface area contributed by atoms with Gasteiger partial charge in [0.1, 0.15) is 11.5 Å². The Hall–Kier alpha value is -3.30. The summed E-state index contributed by atoms with van der Waals surface area (Å²) in [5.41, 5.74) is 3.42. The van der Waals surface area contributed by atoms with Gasteiger partial charge in [0.05, 0.1) is 19.8 Å². The number of sulfone groups is 1. The summed E-state index contributed by atoms with van der Waals surface area (Å²) < 4.78 is 33.8. The van der Waals surface area contributed by atoms with E-state index in [1.165, 1.54) is 5.69 Å². The average Bonchev–Trinajstić information content (AvgIpc) is 2.80. The number of nitrogens with one attached hydrogen (secondary N) is 1. The first-order valence-corrected chi connectivity index (χ1v) is 12.6.